The van der Waals surface area contributed by atoms with Gasteiger partial charge in [0, 0.05) is 50.2 Å². The number of rotatable bonds is 5. The third-order valence-corrected chi connectivity index (χ3v) is 5.14. The summed E-state index contributed by atoms with van der Waals surface area (Å²) in [6, 6.07) is 11.2. The summed E-state index contributed by atoms with van der Waals surface area (Å²) in [5.41, 5.74) is 0.564. The topological polar surface area (TPSA) is 44.8 Å². The summed E-state index contributed by atoms with van der Waals surface area (Å²) in [7, 11) is 0. The Kier molecular flexibility index (Phi) is 6.97. The Bertz CT molecular complexity index is 884. The largest absolute Gasteiger partial charge is 0.417 e. The predicted octanol–water partition coefficient (Wildman–Crippen LogP) is 5.18. The van der Waals surface area contributed by atoms with Crippen LogP contribution in [-0.4, -0.2) is 38.8 Å². The molecular weight excluding hydrogens is 419 g/mol. The summed E-state index contributed by atoms with van der Waals surface area (Å²) in [6.45, 7) is 4.85. The molecular formula is C21H23ClF3N3O2. The Balaban J connectivity index is 1.63. The maximum Gasteiger partial charge on any atom is 0.417 e. The van der Waals surface area contributed by atoms with Crippen LogP contribution in [0, 0.1) is 0 Å². The predicted molar refractivity (Wildman–Crippen MR) is 112 cm³/mol. The lowest BCUT2D eigenvalue weighted by Gasteiger charge is -2.37. The maximum absolute atomic E-state index is 13.1. The minimum absolute atomic E-state index is 0.301. The highest BCUT2D eigenvalue weighted by Crippen LogP contribution is 2.37. The number of alkyl halides is 3. The lowest BCUT2D eigenvalue weighted by Crippen LogP contribution is -2.46. The molecule has 9 heteroatoms. The van der Waals surface area contributed by atoms with Crippen LogP contribution in [0.15, 0.2) is 42.5 Å². The maximum atomic E-state index is 13.1. The number of ether oxygens (including phenoxy) is 1. The molecule has 2 aromatic carbocycles. The molecule has 1 fully saturated rings. The van der Waals surface area contributed by atoms with Crippen molar-refractivity contribution in [3.63, 3.8) is 0 Å². The molecule has 2 aromatic rings. The average Bonchev–Trinajstić information content (AvgIpc) is 2.72. The molecule has 0 radical (unpaired) electrons. The van der Waals surface area contributed by atoms with Gasteiger partial charge in [-0.3, -0.25) is 0 Å². The number of carbonyl (C=O) groups excluding carboxylic acids is 1. The Labute approximate surface area is 178 Å². The number of hydrogen-bond donors (Lipinski definition) is 1. The highest BCUT2D eigenvalue weighted by molar-refractivity contribution is 6.31. The Morgan fingerprint density at radius 1 is 1.07 bits per heavy atom. The van der Waals surface area contributed by atoms with E-state index in [1.165, 1.54) is 6.07 Å². The molecule has 0 atom stereocenters. The van der Waals surface area contributed by atoms with Gasteiger partial charge in [-0.15, -0.1) is 0 Å². The lowest BCUT2D eigenvalue weighted by atomic mass is 10.1. The van der Waals surface area contributed by atoms with Crippen LogP contribution in [0.3, 0.4) is 0 Å². The number of halogens is 4. The minimum Gasteiger partial charge on any atom is -0.410 e. The molecule has 162 valence electrons. The SMILES string of the molecule is CCCNC(=O)Oc1cccc(N2CCN(c3ccc(Cl)c(C(F)(F)F)c3)CC2)c1. The van der Waals surface area contributed by atoms with Gasteiger partial charge in [0.25, 0.3) is 0 Å². The third kappa shape index (κ3) is 5.50. The smallest absolute Gasteiger partial charge is 0.410 e. The van der Waals surface area contributed by atoms with Crippen molar-refractivity contribution in [3.05, 3.63) is 53.1 Å². The number of benzene rings is 2. The van der Waals surface area contributed by atoms with E-state index in [-0.39, 0.29) is 5.02 Å². The van der Waals surface area contributed by atoms with Crippen molar-refractivity contribution in [1.82, 2.24) is 5.32 Å². The number of anilines is 2. The molecule has 0 spiro atoms. The standard InChI is InChI=1S/C21H23ClF3N3O2/c1-2-8-26-20(29)30-17-5-3-4-15(13-17)27-9-11-28(12-10-27)16-6-7-19(22)18(14-16)21(23,24)25/h3-7,13-14H,2,8-12H2,1H3,(H,26,29). The van der Waals surface area contributed by atoms with Gasteiger partial charge in [0.2, 0.25) is 0 Å². The van der Waals surface area contributed by atoms with Crippen LogP contribution >= 0.6 is 11.6 Å². The number of nitrogens with zero attached hydrogens (tertiary/aromatic N) is 2. The normalized spacial score (nSPS) is 14.6. The van der Waals surface area contributed by atoms with Crippen LogP contribution in [0.5, 0.6) is 5.75 Å². The molecule has 0 aliphatic carbocycles. The molecule has 1 N–H and O–H groups in total. The van der Waals surface area contributed by atoms with Gasteiger partial charge in [-0.05, 0) is 36.8 Å². The van der Waals surface area contributed by atoms with E-state index in [9.17, 15) is 18.0 Å². The molecule has 1 aliphatic heterocycles. The van der Waals surface area contributed by atoms with E-state index >= 15 is 0 Å². The number of carbonyl (C=O) groups is 1. The summed E-state index contributed by atoms with van der Waals surface area (Å²) in [6.07, 6.45) is -4.17. The van der Waals surface area contributed by atoms with E-state index in [0.29, 0.717) is 44.2 Å². The van der Waals surface area contributed by atoms with Crippen molar-refractivity contribution in [2.75, 3.05) is 42.5 Å². The monoisotopic (exact) mass is 441 g/mol. The van der Waals surface area contributed by atoms with Gasteiger partial charge in [0.05, 0.1) is 10.6 Å². The van der Waals surface area contributed by atoms with Crippen LogP contribution < -0.4 is 19.9 Å². The minimum atomic E-state index is -4.49. The molecule has 0 bridgehead atoms. The fraction of sp³-hybridized carbons (Fsp3) is 0.381. The number of piperazine rings is 1. The molecule has 5 nitrogen and oxygen atoms in total. The zero-order chi connectivity index (χ0) is 21.7. The van der Waals surface area contributed by atoms with Gasteiger partial charge in [-0.1, -0.05) is 24.6 Å². The zero-order valence-electron chi connectivity index (χ0n) is 16.5. The summed E-state index contributed by atoms with van der Waals surface area (Å²) >= 11 is 5.71. The second-order valence-corrected chi connectivity index (χ2v) is 7.36. The van der Waals surface area contributed by atoms with Gasteiger partial charge in [0.1, 0.15) is 5.75 Å². The summed E-state index contributed by atoms with van der Waals surface area (Å²) in [5.74, 6) is 0.441. The van der Waals surface area contributed by atoms with Gasteiger partial charge in [-0.25, -0.2) is 4.79 Å². The fourth-order valence-electron chi connectivity index (χ4n) is 3.26. The third-order valence-electron chi connectivity index (χ3n) is 4.81. The van der Waals surface area contributed by atoms with Crippen molar-refractivity contribution in [1.29, 1.82) is 0 Å². The van der Waals surface area contributed by atoms with E-state index in [1.807, 2.05) is 17.9 Å². The Morgan fingerprint density at radius 3 is 2.30 bits per heavy atom. The first kappa shape index (κ1) is 22.1. The van der Waals surface area contributed by atoms with E-state index < -0.39 is 17.8 Å². The first-order valence-electron chi connectivity index (χ1n) is 9.70. The summed E-state index contributed by atoms with van der Waals surface area (Å²) < 4.78 is 44.7. The lowest BCUT2D eigenvalue weighted by molar-refractivity contribution is -0.137. The average molecular weight is 442 g/mol. The second kappa shape index (κ2) is 9.47. The first-order chi connectivity index (χ1) is 14.3. The Hall–Kier alpha value is -2.61. The van der Waals surface area contributed by atoms with Gasteiger partial charge in [0.15, 0.2) is 0 Å². The number of amides is 1. The molecule has 0 aromatic heterocycles. The van der Waals surface area contributed by atoms with E-state index in [4.69, 9.17) is 16.3 Å². The molecule has 3 rings (SSSR count). The van der Waals surface area contributed by atoms with Gasteiger partial charge >= 0.3 is 12.3 Å². The summed E-state index contributed by atoms with van der Waals surface area (Å²) in [5, 5.41) is 2.35. The Morgan fingerprint density at radius 2 is 1.70 bits per heavy atom. The van der Waals surface area contributed by atoms with E-state index in [0.717, 1.165) is 18.2 Å². The molecule has 1 amide bonds. The number of hydrogen-bond acceptors (Lipinski definition) is 4. The van der Waals surface area contributed by atoms with Crippen molar-refractivity contribution in [2.24, 2.45) is 0 Å². The first-order valence-corrected chi connectivity index (χ1v) is 10.1. The highest BCUT2D eigenvalue weighted by atomic mass is 35.5. The zero-order valence-corrected chi connectivity index (χ0v) is 17.3. The highest BCUT2D eigenvalue weighted by Gasteiger charge is 2.34. The van der Waals surface area contributed by atoms with Crippen molar-refractivity contribution >= 4 is 29.1 Å². The molecule has 30 heavy (non-hydrogen) atoms. The molecule has 1 heterocycles. The molecule has 0 saturated carbocycles. The quantitative estimate of drug-likeness (QED) is 0.694. The molecule has 1 saturated heterocycles. The molecule has 0 unspecified atom stereocenters. The van der Waals surface area contributed by atoms with Gasteiger partial charge in [-0.2, -0.15) is 13.2 Å². The van der Waals surface area contributed by atoms with Crippen molar-refractivity contribution in [2.45, 2.75) is 19.5 Å². The summed E-state index contributed by atoms with van der Waals surface area (Å²) in [4.78, 5) is 15.7. The molecule has 1 aliphatic rings. The van der Waals surface area contributed by atoms with Crippen LogP contribution in [0.1, 0.15) is 18.9 Å². The van der Waals surface area contributed by atoms with Crippen LogP contribution in [0.2, 0.25) is 5.02 Å². The van der Waals surface area contributed by atoms with Crippen molar-refractivity contribution < 1.29 is 22.7 Å². The number of nitrogens with one attached hydrogen (secondary N) is 1. The van der Waals surface area contributed by atoms with Gasteiger partial charge < -0.3 is 19.9 Å². The fourth-order valence-corrected chi connectivity index (χ4v) is 3.49. The second-order valence-electron chi connectivity index (χ2n) is 6.95. The van der Waals surface area contributed by atoms with Crippen LogP contribution in [0.25, 0.3) is 0 Å². The van der Waals surface area contributed by atoms with Crippen LogP contribution in [-0.2, 0) is 6.18 Å². The van der Waals surface area contributed by atoms with Crippen LogP contribution in [0.4, 0.5) is 29.3 Å². The van der Waals surface area contributed by atoms with Crippen molar-refractivity contribution in [3.8, 4) is 5.75 Å². The van der Waals surface area contributed by atoms with E-state index in [1.54, 1.807) is 24.3 Å². The van der Waals surface area contributed by atoms with E-state index in [2.05, 4.69) is 10.2 Å².